The Bertz CT molecular complexity index is 428. The first kappa shape index (κ1) is 10.5. The van der Waals surface area contributed by atoms with Gasteiger partial charge >= 0.3 is 5.97 Å². The Balaban J connectivity index is 2.54. The average Bonchev–Trinajstić information content (AvgIpc) is 2.25. The largest absolute Gasteiger partial charge is 0.466 e. The molecule has 0 aromatic heterocycles. The number of hydrogen-bond donors (Lipinski definition) is 0. The van der Waals surface area contributed by atoms with Gasteiger partial charge in [0, 0.05) is 16.4 Å². The van der Waals surface area contributed by atoms with E-state index in [0.717, 1.165) is 5.57 Å². The van der Waals surface area contributed by atoms with Crippen molar-refractivity contribution in [2.24, 2.45) is 10.8 Å². The summed E-state index contributed by atoms with van der Waals surface area (Å²) in [4.78, 5) is 11.7. The molecule has 2 aliphatic rings. The van der Waals surface area contributed by atoms with Crippen molar-refractivity contribution >= 4 is 5.97 Å². The van der Waals surface area contributed by atoms with E-state index < -0.39 is 0 Å². The first-order valence-corrected chi connectivity index (χ1v) is 5.32. The monoisotopic (exact) mass is 206 g/mol. The van der Waals surface area contributed by atoms with Crippen LogP contribution in [0.1, 0.15) is 34.6 Å². The predicted octanol–water partition coefficient (Wildman–Crippen LogP) is 2.85. The Morgan fingerprint density at radius 1 is 1.00 bits per heavy atom. The van der Waals surface area contributed by atoms with E-state index in [0.29, 0.717) is 0 Å². The van der Waals surface area contributed by atoms with E-state index in [-0.39, 0.29) is 16.8 Å². The lowest BCUT2D eigenvalue weighted by molar-refractivity contribution is -0.139. The van der Waals surface area contributed by atoms with Gasteiger partial charge in [0.1, 0.15) is 0 Å². The third kappa shape index (κ3) is 0.735. The maximum Gasteiger partial charge on any atom is 0.334 e. The SMILES string of the molecule is COC(=O)C1=C(C)[C@]2(C)C(C)=C(C)[C@]12C. The number of hydrogen-bond acceptors (Lipinski definition) is 2. The molecule has 0 bridgehead atoms. The summed E-state index contributed by atoms with van der Waals surface area (Å²) in [7, 11) is 1.45. The lowest BCUT2D eigenvalue weighted by atomic mass is 9.36. The first-order valence-electron chi connectivity index (χ1n) is 5.32. The molecule has 2 aliphatic carbocycles. The van der Waals surface area contributed by atoms with Gasteiger partial charge in [-0.3, -0.25) is 0 Å². The minimum absolute atomic E-state index is 0.0751. The quantitative estimate of drug-likeness (QED) is 0.487. The van der Waals surface area contributed by atoms with Crippen LogP contribution in [0.2, 0.25) is 0 Å². The van der Waals surface area contributed by atoms with Gasteiger partial charge in [-0.2, -0.15) is 0 Å². The molecule has 2 rings (SSSR count). The van der Waals surface area contributed by atoms with Gasteiger partial charge in [0.15, 0.2) is 0 Å². The minimum Gasteiger partial charge on any atom is -0.466 e. The molecular formula is C13H18O2. The number of esters is 1. The zero-order valence-corrected chi connectivity index (χ0v) is 10.3. The molecule has 82 valence electrons. The molecule has 0 N–H and O–H groups in total. The normalized spacial score (nSPS) is 38.3. The Morgan fingerprint density at radius 3 is 1.93 bits per heavy atom. The van der Waals surface area contributed by atoms with E-state index in [2.05, 4.69) is 27.7 Å². The molecule has 0 unspecified atom stereocenters. The van der Waals surface area contributed by atoms with Crippen LogP contribution < -0.4 is 0 Å². The van der Waals surface area contributed by atoms with E-state index in [1.54, 1.807) is 0 Å². The second kappa shape index (κ2) is 2.55. The fourth-order valence-corrected chi connectivity index (χ4v) is 3.55. The third-order valence-electron chi connectivity index (χ3n) is 5.08. The number of fused-ring (bicyclic) bond motifs is 1. The molecule has 0 fully saturated rings. The molecule has 0 aliphatic heterocycles. The van der Waals surface area contributed by atoms with Gasteiger partial charge in [-0.25, -0.2) is 4.79 Å². The molecule has 2 atom stereocenters. The Labute approximate surface area is 91.0 Å². The molecular weight excluding hydrogens is 188 g/mol. The van der Waals surface area contributed by atoms with E-state index in [9.17, 15) is 4.79 Å². The van der Waals surface area contributed by atoms with Gasteiger partial charge in [0.05, 0.1) is 7.11 Å². The standard InChI is InChI=1S/C13H18O2/c1-7-8(2)13(5)10(11(14)15-6)9(3)12(7,13)4/h1-6H3/t12-,13+/m0/s1. The maximum absolute atomic E-state index is 11.7. The highest BCUT2D eigenvalue weighted by atomic mass is 16.5. The van der Waals surface area contributed by atoms with Gasteiger partial charge in [-0.05, 0) is 20.8 Å². The molecule has 2 nitrogen and oxygen atoms in total. The van der Waals surface area contributed by atoms with Crippen molar-refractivity contribution in [1.29, 1.82) is 0 Å². The lowest BCUT2D eigenvalue weighted by Gasteiger charge is -2.66. The molecule has 0 spiro atoms. The van der Waals surface area contributed by atoms with E-state index in [1.165, 1.54) is 23.8 Å². The summed E-state index contributed by atoms with van der Waals surface area (Å²) in [5.74, 6) is -0.167. The van der Waals surface area contributed by atoms with Gasteiger partial charge < -0.3 is 4.74 Å². The van der Waals surface area contributed by atoms with Crippen molar-refractivity contribution in [1.82, 2.24) is 0 Å². The van der Waals surface area contributed by atoms with Crippen molar-refractivity contribution in [3.63, 3.8) is 0 Å². The van der Waals surface area contributed by atoms with Gasteiger partial charge in [0.2, 0.25) is 0 Å². The van der Waals surface area contributed by atoms with Crippen LogP contribution in [0.15, 0.2) is 22.3 Å². The van der Waals surface area contributed by atoms with Crippen molar-refractivity contribution < 1.29 is 9.53 Å². The highest BCUT2D eigenvalue weighted by Crippen LogP contribution is 2.74. The van der Waals surface area contributed by atoms with Crippen LogP contribution in [-0.2, 0) is 9.53 Å². The molecule has 15 heavy (non-hydrogen) atoms. The predicted molar refractivity (Wildman–Crippen MR) is 59.3 cm³/mol. The van der Waals surface area contributed by atoms with Crippen molar-refractivity contribution in [3.05, 3.63) is 22.3 Å². The van der Waals surface area contributed by atoms with E-state index >= 15 is 0 Å². The fraction of sp³-hybridized carbons (Fsp3) is 0.615. The third-order valence-corrected chi connectivity index (χ3v) is 5.08. The second-order valence-electron chi connectivity index (χ2n) is 4.99. The van der Waals surface area contributed by atoms with Gasteiger partial charge in [0.25, 0.3) is 0 Å². The van der Waals surface area contributed by atoms with Crippen LogP contribution in [-0.4, -0.2) is 13.1 Å². The summed E-state index contributed by atoms with van der Waals surface area (Å²) >= 11 is 0. The van der Waals surface area contributed by atoms with Crippen LogP contribution in [0.25, 0.3) is 0 Å². The van der Waals surface area contributed by atoms with Gasteiger partial charge in [-0.15, -0.1) is 0 Å². The summed E-state index contributed by atoms with van der Waals surface area (Å²) in [6.45, 7) is 10.7. The number of carbonyl (C=O) groups excluding carboxylic acids is 1. The van der Waals surface area contributed by atoms with E-state index in [1.807, 2.05) is 6.92 Å². The average molecular weight is 206 g/mol. The summed E-state index contributed by atoms with van der Waals surface area (Å²) in [5, 5.41) is 0. The van der Waals surface area contributed by atoms with Gasteiger partial charge in [-0.1, -0.05) is 30.6 Å². The summed E-state index contributed by atoms with van der Waals surface area (Å²) in [6.07, 6.45) is 0. The topological polar surface area (TPSA) is 26.3 Å². The molecule has 0 aromatic carbocycles. The minimum atomic E-state index is -0.167. The maximum atomic E-state index is 11.7. The Kier molecular flexibility index (Phi) is 1.78. The number of methoxy groups -OCH3 is 1. The Morgan fingerprint density at radius 2 is 1.47 bits per heavy atom. The van der Waals surface area contributed by atoms with Crippen LogP contribution in [0.4, 0.5) is 0 Å². The number of allylic oxidation sites excluding steroid dienone is 3. The summed E-state index contributed by atoms with van der Waals surface area (Å²) in [5.41, 5.74) is 4.82. The molecule has 0 saturated carbocycles. The van der Waals surface area contributed by atoms with Crippen LogP contribution in [0.5, 0.6) is 0 Å². The first-order chi connectivity index (χ1) is 6.83. The Hall–Kier alpha value is -1.05. The highest BCUT2D eigenvalue weighted by molar-refractivity contribution is 5.97. The zero-order valence-electron chi connectivity index (χ0n) is 10.3. The number of ether oxygens (including phenoxy) is 1. The lowest BCUT2D eigenvalue weighted by Crippen LogP contribution is -2.60. The van der Waals surface area contributed by atoms with Crippen molar-refractivity contribution in [3.8, 4) is 0 Å². The molecule has 0 radical (unpaired) electrons. The molecule has 0 aromatic rings. The van der Waals surface area contributed by atoms with E-state index in [4.69, 9.17) is 4.74 Å². The summed E-state index contributed by atoms with van der Waals surface area (Å²) in [6, 6.07) is 0. The number of carbonyl (C=O) groups is 1. The second-order valence-corrected chi connectivity index (χ2v) is 4.99. The van der Waals surface area contributed by atoms with Crippen LogP contribution >= 0.6 is 0 Å². The highest BCUT2D eigenvalue weighted by Gasteiger charge is 2.68. The van der Waals surface area contributed by atoms with Crippen LogP contribution in [0, 0.1) is 10.8 Å². The van der Waals surface area contributed by atoms with Crippen molar-refractivity contribution in [2.75, 3.05) is 7.11 Å². The van der Waals surface area contributed by atoms with Crippen molar-refractivity contribution in [2.45, 2.75) is 34.6 Å². The molecule has 0 amide bonds. The van der Waals surface area contributed by atoms with Crippen LogP contribution in [0.3, 0.4) is 0 Å². The molecule has 0 saturated heterocycles. The fourth-order valence-electron chi connectivity index (χ4n) is 3.55. The summed E-state index contributed by atoms with van der Waals surface area (Å²) < 4.78 is 4.85. The molecule has 0 heterocycles. The zero-order chi connectivity index (χ0) is 11.6. The number of rotatable bonds is 1. The smallest absolute Gasteiger partial charge is 0.334 e. The molecule has 2 heteroatoms.